The highest BCUT2D eigenvalue weighted by molar-refractivity contribution is 5.57. The van der Waals surface area contributed by atoms with Crippen molar-refractivity contribution in [3.05, 3.63) is 16.3 Å². The summed E-state index contributed by atoms with van der Waals surface area (Å²) in [6.07, 6.45) is 2.91. The lowest BCUT2D eigenvalue weighted by molar-refractivity contribution is -0.384. The monoisotopic (exact) mass is 240 g/mol. The summed E-state index contributed by atoms with van der Waals surface area (Å²) in [7, 11) is 1.65. The minimum atomic E-state index is -0.802. The highest BCUT2D eigenvalue weighted by Gasteiger charge is 2.33. The number of hydrogen-bond acceptors (Lipinski definition) is 5. The van der Waals surface area contributed by atoms with Gasteiger partial charge in [0.15, 0.2) is 0 Å². The Morgan fingerprint density at radius 1 is 1.65 bits per heavy atom. The van der Waals surface area contributed by atoms with Crippen LogP contribution in [0.3, 0.4) is 0 Å². The van der Waals surface area contributed by atoms with Crippen LogP contribution < -0.4 is 4.90 Å². The Labute approximate surface area is 98.8 Å². The van der Waals surface area contributed by atoms with E-state index in [1.165, 1.54) is 10.9 Å². The zero-order valence-electron chi connectivity index (χ0n) is 9.96. The normalized spacial score (nSPS) is 25.0. The van der Waals surface area contributed by atoms with Crippen molar-refractivity contribution in [3.8, 4) is 0 Å². The Bertz CT molecular complexity index is 441. The molecular weight excluding hydrogens is 224 g/mol. The van der Waals surface area contributed by atoms with Gasteiger partial charge in [0.1, 0.15) is 6.20 Å². The average molecular weight is 240 g/mol. The molecule has 0 amide bonds. The van der Waals surface area contributed by atoms with Crippen molar-refractivity contribution < 1.29 is 10.0 Å². The van der Waals surface area contributed by atoms with Crippen LogP contribution in [0, 0.1) is 10.1 Å². The van der Waals surface area contributed by atoms with Crippen LogP contribution in [0.25, 0.3) is 0 Å². The zero-order chi connectivity index (χ0) is 12.6. The minimum absolute atomic E-state index is 0.00907. The van der Waals surface area contributed by atoms with E-state index in [9.17, 15) is 15.2 Å². The Hall–Kier alpha value is -1.63. The van der Waals surface area contributed by atoms with Crippen LogP contribution in [-0.2, 0) is 7.05 Å². The van der Waals surface area contributed by atoms with Crippen LogP contribution in [0.4, 0.5) is 11.5 Å². The lowest BCUT2D eigenvalue weighted by atomic mass is 9.95. The first-order chi connectivity index (χ1) is 7.89. The lowest BCUT2D eigenvalue weighted by Crippen LogP contribution is -2.46. The number of aromatic nitrogens is 2. The molecule has 1 fully saturated rings. The molecule has 1 unspecified atom stereocenters. The molecule has 0 aromatic carbocycles. The van der Waals surface area contributed by atoms with Crippen molar-refractivity contribution in [2.24, 2.45) is 7.05 Å². The first kappa shape index (κ1) is 11.8. The van der Waals surface area contributed by atoms with Crippen LogP contribution in [-0.4, -0.2) is 38.5 Å². The largest absolute Gasteiger partial charge is 0.388 e. The molecule has 94 valence electrons. The third-order valence-electron chi connectivity index (χ3n) is 2.96. The molecule has 1 saturated heterocycles. The van der Waals surface area contributed by atoms with Gasteiger partial charge in [-0.3, -0.25) is 14.8 Å². The Balaban J connectivity index is 2.30. The molecule has 1 aliphatic heterocycles. The maximum Gasteiger partial charge on any atom is 0.330 e. The number of piperidine rings is 1. The van der Waals surface area contributed by atoms with Crippen LogP contribution in [0.5, 0.6) is 0 Å². The van der Waals surface area contributed by atoms with E-state index in [4.69, 9.17) is 0 Å². The van der Waals surface area contributed by atoms with Gasteiger partial charge in [-0.05, 0) is 19.8 Å². The number of hydrogen-bond donors (Lipinski definition) is 1. The number of anilines is 1. The molecule has 0 spiro atoms. The third-order valence-corrected chi connectivity index (χ3v) is 2.96. The molecule has 1 aromatic heterocycles. The number of aryl methyl sites for hydroxylation is 1. The molecule has 7 nitrogen and oxygen atoms in total. The molecule has 2 heterocycles. The van der Waals surface area contributed by atoms with Crippen molar-refractivity contribution in [2.45, 2.75) is 25.4 Å². The molecule has 0 saturated carbocycles. The first-order valence-corrected chi connectivity index (χ1v) is 5.54. The predicted octanol–water partition coefficient (Wildman–Crippen LogP) is 0.679. The third kappa shape index (κ3) is 2.38. The quantitative estimate of drug-likeness (QED) is 0.607. The topological polar surface area (TPSA) is 84.4 Å². The van der Waals surface area contributed by atoms with Gasteiger partial charge in [-0.2, -0.15) is 0 Å². The van der Waals surface area contributed by atoms with Gasteiger partial charge >= 0.3 is 5.69 Å². The fraction of sp³-hybridized carbons (Fsp3) is 0.700. The van der Waals surface area contributed by atoms with Gasteiger partial charge in [-0.1, -0.05) is 0 Å². The summed E-state index contributed by atoms with van der Waals surface area (Å²) in [5, 5.41) is 25.0. The number of nitro groups is 1. The molecule has 1 aliphatic rings. The zero-order valence-corrected chi connectivity index (χ0v) is 9.96. The summed E-state index contributed by atoms with van der Waals surface area (Å²) in [4.78, 5) is 12.2. The van der Waals surface area contributed by atoms with Crippen molar-refractivity contribution >= 4 is 11.5 Å². The molecule has 1 aromatic rings. The minimum Gasteiger partial charge on any atom is -0.388 e. The lowest BCUT2D eigenvalue weighted by Gasteiger charge is -2.36. The van der Waals surface area contributed by atoms with E-state index in [-0.39, 0.29) is 5.69 Å². The number of nitrogens with zero attached hydrogens (tertiary/aromatic N) is 4. The van der Waals surface area contributed by atoms with Gasteiger partial charge < -0.3 is 10.0 Å². The fourth-order valence-electron chi connectivity index (χ4n) is 2.22. The van der Waals surface area contributed by atoms with Crippen LogP contribution in [0.15, 0.2) is 6.20 Å². The summed E-state index contributed by atoms with van der Waals surface area (Å²) in [5.74, 6) is 0.345. The maximum absolute atomic E-state index is 10.9. The van der Waals surface area contributed by atoms with Crippen LogP contribution in [0.2, 0.25) is 0 Å². The Kier molecular flexibility index (Phi) is 2.78. The Morgan fingerprint density at radius 3 is 2.94 bits per heavy atom. The van der Waals surface area contributed by atoms with Crippen LogP contribution in [0.1, 0.15) is 19.8 Å². The highest BCUT2D eigenvalue weighted by atomic mass is 16.6. The van der Waals surface area contributed by atoms with E-state index >= 15 is 0 Å². The molecule has 0 aliphatic carbocycles. The molecule has 0 bridgehead atoms. The molecule has 0 radical (unpaired) electrons. The highest BCUT2D eigenvalue weighted by Crippen LogP contribution is 2.30. The van der Waals surface area contributed by atoms with Crippen molar-refractivity contribution in [1.29, 1.82) is 0 Å². The molecule has 1 atom stereocenters. The number of rotatable bonds is 2. The standard InChI is InChI=1S/C10H16N4O3/c1-10(15)4-3-5-13(7-10)9-8(14(16)17)6-12(2)11-9/h6,15H,3-5,7H2,1-2H3. The van der Waals surface area contributed by atoms with Crippen molar-refractivity contribution in [1.82, 2.24) is 9.78 Å². The van der Waals surface area contributed by atoms with Gasteiger partial charge in [-0.25, -0.2) is 0 Å². The number of aliphatic hydroxyl groups is 1. The van der Waals surface area contributed by atoms with Gasteiger partial charge in [-0.15, -0.1) is 5.10 Å². The van der Waals surface area contributed by atoms with Crippen molar-refractivity contribution in [2.75, 3.05) is 18.0 Å². The van der Waals surface area contributed by atoms with Gasteiger partial charge in [0, 0.05) is 20.1 Å². The summed E-state index contributed by atoms with van der Waals surface area (Å²) < 4.78 is 1.43. The van der Waals surface area contributed by atoms with Crippen molar-refractivity contribution in [3.63, 3.8) is 0 Å². The van der Waals surface area contributed by atoms with E-state index in [2.05, 4.69) is 5.10 Å². The SMILES string of the molecule is Cn1cc([N+](=O)[O-])c(N2CCCC(C)(O)C2)n1. The maximum atomic E-state index is 10.9. The second-order valence-electron chi connectivity index (χ2n) is 4.79. The smallest absolute Gasteiger partial charge is 0.330 e. The summed E-state index contributed by atoms with van der Waals surface area (Å²) in [5.41, 5.74) is -0.811. The van der Waals surface area contributed by atoms with E-state index in [1.807, 2.05) is 0 Å². The molecule has 17 heavy (non-hydrogen) atoms. The summed E-state index contributed by atoms with van der Waals surface area (Å²) >= 11 is 0. The summed E-state index contributed by atoms with van der Waals surface area (Å²) in [6, 6.07) is 0. The van der Waals surface area contributed by atoms with Gasteiger partial charge in [0.2, 0.25) is 5.82 Å². The van der Waals surface area contributed by atoms with Gasteiger partial charge in [0.25, 0.3) is 0 Å². The van der Waals surface area contributed by atoms with Gasteiger partial charge in [0.05, 0.1) is 10.5 Å². The number of β-amino-alcohol motifs (C(OH)–C–C–N with tert-alkyl or cyclic N) is 1. The van der Waals surface area contributed by atoms with Crippen LogP contribution >= 0.6 is 0 Å². The average Bonchev–Trinajstić information content (AvgIpc) is 2.59. The molecule has 7 heteroatoms. The second-order valence-corrected chi connectivity index (χ2v) is 4.79. The van der Waals surface area contributed by atoms with E-state index < -0.39 is 10.5 Å². The van der Waals surface area contributed by atoms with E-state index in [0.717, 1.165) is 6.42 Å². The molecule has 2 rings (SSSR count). The molecular formula is C10H16N4O3. The first-order valence-electron chi connectivity index (χ1n) is 5.54. The fourth-order valence-corrected chi connectivity index (χ4v) is 2.22. The second kappa shape index (κ2) is 3.99. The summed E-state index contributed by atoms with van der Waals surface area (Å²) in [6.45, 7) is 2.81. The predicted molar refractivity (Wildman–Crippen MR) is 61.9 cm³/mol. The Morgan fingerprint density at radius 2 is 2.35 bits per heavy atom. The molecule has 1 N–H and O–H groups in total. The van der Waals surface area contributed by atoms with E-state index in [0.29, 0.717) is 25.3 Å². The van der Waals surface area contributed by atoms with E-state index in [1.54, 1.807) is 18.9 Å².